The van der Waals surface area contributed by atoms with E-state index in [1.807, 2.05) is 30.3 Å². The maximum Gasteiger partial charge on any atom is 0.328 e. The molecule has 0 saturated heterocycles. The van der Waals surface area contributed by atoms with Crippen molar-refractivity contribution in [1.29, 1.82) is 0 Å². The van der Waals surface area contributed by atoms with E-state index >= 15 is 0 Å². The van der Waals surface area contributed by atoms with Crippen molar-refractivity contribution in [1.82, 2.24) is 0 Å². The van der Waals surface area contributed by atoms with Gasteiger partial charge in [-0.25, -0.2) is 4.79 Å². The Balaban J connectivity index is 2.20. The van der Waals surface area contributed by atoms with Crippen molar-refractivity contribution >= 4 is 11.5 Å². The molecule has 0 bridgehead atoms. The zero-order chi connectivity index (χ0) is 13.2. The summed E-state index contributed by atoms with van der Waals surface area (Å²) >= 11 is 0. The van der Waals surface area contributed by atoms with Crippen molar-refractivity contribution in [2.45, 2.75) is 12.8 Å². The van der Waals surface area contributed by atoms with Gasteiger partial charge in [0.05, 0.1) is 0 Å². The van der Waals surface area contributed by atoms with Crippen LogP contribution in [0.4, 0.5) is 0 Å². The largest absolute Gasteiger partial charge is 0.478 e. The van der Waals surface area contributed by atoms with E-state index in [1.54, 1.807) is 0 Å². The van der Waals surface area contributed by atoms with Crippen molar-refractivity contribution in [3.8, 4) is 0 Å². The van der Waals surface area contributed by atoms with Gasteiger partial charge in [-0.2, -0.15) is 0 Å². The Bertz CT molecular complexity index is 668. The first kappa shape index (κ1) is 11.7. The van der Waals surface area contributed by atoms with Crippen LogP contribution in [0, 0.1) is 0 Å². The van der Waals surface area contributed by atoms with Gasteiger partial charge in [0.15, 0.2) is 0 Å². The van der Waals surface area contributed by atoms with Crippen LogP contribution in [0.5, 0.6) is 0 Å². The second-order valence-corrected chi connectivity index (χ2v) is 4.79. The summed E-state index contributed by atoms with van der Waals surface area (Å²) in [6.07, 6.45) is 2.88. The van der Waals surface area contributed by atoms with Crippen LogP contribution in [0.3, 0.4) is 0 Å². The number of aliphatic carboxylic acids is 1. The normalized spacial score (nSPS) is 15.5. The van der Waals surface area contributed by atoms with Gasteiger partial charge < -0.3 is 5.11 Å². The monoisotopic (exact) mass is 250 g/mol. The molecule has 0 atom stereocenters. The van der Waals surface area contributed by atoms with E-state index in [4.69, 9.17) is 5.11 Å². The second kappa shape index (κ2) is 4.73. The molecule has 0 spiro atoms. The molecule has 0 fully saturated rings. The minimum absolute atomic E-state index is 0.680. The fourth-order valence-corrected chi connectivity index (χ4v) is 2.67. The fraction of sp³-hybridized carbons (Fsp3) is 0.118. The number of hydrogen-bond acceptors (Lipinski definition) is 1. The predicted octanol–water partition coefficient (Wildman–Crippen LogP) is 3.30. The standard InChI is InChI=1S/C17H14O2/c18-17(19)11-15-10-13-6-2-1-5-12(13)9-14-7-3-4-8-16(14)15/h1-8,11H,9-10H2,(H,18,19)/b15-11+. The van der Waals surface area contributed by atoms with Crippen LogP contribution in [0.2, 0.25) is 0 Å². The van der Waals surface area contributed by atoms with Crippen molar-refractivity contribution in [2.24, 2.45) is 0 Å². The molecule has 1 aliphatic rings. The third kappa shape index (κ3) is 2.29. The van der Waals surface area contributed by atoms with Gasteiger partial charge in [-0.1, -0.05) is 48.5 Å². The maximum absolute atomic E-state index is 11.0. The number of carboxylic acid groups (broad SMARTS) is 1. The highest BCUT2D eigenvalue weighted by Gasteiger charge is 2.16. The Morgan fingerprint density at radius 2 is 1.47 bits per heavy atom. The second-order valence-electron chi connectivity index (χ2n) is 4.79. The molecule has 19 heavy (non-hydrogen) atoms. The summed E-state index contributed by atoms with van der Waals surface area (Å²) in [4.78, 5) is 11.0. The Labute approximate surface area is 112 Å². The zero-order valence-corrected chi connectivity index (χ0v) is 10.5. The minimum atomic E-state index is -0.885. The van der Waals surface area contributed by atoms with Gasteiger partial charge in [0.2, 0.25) is 0 Å². The predicted molar refractivity (Wildman–Crippen MR) is 75.0 cm³/mol. The van der Waals surface area contributed by atoms with Crippen LogP contribution < -0.4 is 0 Å². The molecule has 1 aliphatic carbocycles. The van der Waals surface area contributed by atoms with E-state index in [-0.39, 0.29) is 0 Å². The maximum atomic E-state index is 11.0. The Morgan fingerprint density at radius 1 is 0.895 bits per heavy atom. The van der Waals surface area contributed by atoms with Crippen LogP contribution in [-0.4, -0.2) is 11.1 Å². The lowest BCUT2D eigenvalue weighted by Crippen LogP contribution is -1.96. The summed E-state index contributed by atoms with van der Waals surface area (Å²) in [5.74, 6) is -0.885. The van der Waals surface area contributed by atoms with Crippen LogP contribution in [0.15, 0.2) is 54.6 Å². The fourth-order valence-electron chi connectivity index (χ4n) is 2.67. The average Bonchev–Trinajstić information content (AvgIpc) is 2.55. The molecule has 1 N–H and O–H groups in total. The van der Waals surface area contributed by atoms with Gasteiger partial charge in [0.25, 0.3) is 0 Å². The number of carboxylic acids is 1. The van der Waals surface area contributed by atoms with E-state index in [2.05, 4.69) is 18.2 Å². The molecule has 0 saturated carbocycles. The number of fused-ring (bicyclic) bond motifs is 2. The Morgan fingerprint density at radius 3 is 2.16 bits per heavy atom. The minimum Gasteiger partial charge on any atom is -0.478 e. The molecule has 94 valence electrons. The van der Waals surface area contributed by atoms with Crippen molar-refractivity contribution < 1.29 is 9.90 Å². The lowest BCUT2D eigenvalue weighted by Gasteiger charge is -2.07. The van der Waals surface area contributed by atoms with E-state index in [0.29, 0.717) is 6.42 Å². The molecule has 2 aromatic carbocycles. The van der Waals surface area contributed by atoms with Crippen molar-refractivity contribution in [2.75, 3.05) is 0 Å². The lowest BCUT2D eigenvalue weighted by molar-refractivity contribution is -0.131. The van der Waals surface area contributed by atoms with Crippen LogP contribution in [0.1, 0.15) is 22.3 Å². The first-order valence-electron chi connectivity index (χ1n) is 6.32. The number of allylic oxidation sites excluding steroid dienone is 1. The Kier molecular flexibility index (Phi) is 2.92. The molecule has 0 unspecified atom stereocenters. The number of hydrogen-bond donors (Lipinski definition) is 1. The smallest absolute Gasteiger partial charge is 0.328 e. The summed E-state index contributed by atoms with van der Waals surface area (Å²) in [6, 6.07) is 16.3. The highest BCUT2D eigenvalue weighted by Crippen LogP contribution is 2.31. The van der Waals surface area contributed by atoms with Gasteiger partial charge in [-0.15, -0.1) is 0 Å². The molecule has 3 rings (SSSR count). The highest BCUT2D eigenvalue weighted by molar-refractivity contribution is 5.91. The van der Waals surface area contributed by atoms with E-state index in [1.165, 1.54) is 22.8 Å². The summed E-state index contributed by atoms with van der Waals surface area (Å²) in [7, 11) is 0. The number of carbonyl (C=O) groups is 1. The average molecular weight is 250 g/mol. The highest BCUT2D eigenvalue weighted by atomic mass is 16.4. The van der Waals surface area contributed by atoms with Gasteiger partial charge >= 0.3 is 5.97 Å². The quantitative estimate of drug-likeness (QED) is 0.788. The topological polar surface area (TPSA) is 37.3 Å². The summed E-state index contributed by atoms with van der Waals surface area (Å²) < 4.78 is 0. The van der Waals surface area contributed by atoms with Gasteiger partial charge in [0.1, 0.15) is 0 Å². The molecule has 0 amide bonds. The third-order valence-electron chi connectivity index (χ3n) is 3.54. The first-order valence-corrected chi connectivity index (χ1v) is 6.32. The molecule has 2 heteroatoms. The summed E-state index contributed by atoms with van der Waals surface area (Å²) in [5.41, 5.74) is 5.63. The van der Waals surface area contributed by atoms with Crippen LogP contribution in [0.25, 0.3) is 5.57 Å². The summed E-state index contributed by atoms with van der Waals surface area (Å²) in [5, 5.41) is 9.05. The third-order valence-corrected chi connectivity index (χ3v) is 3.54. The van der Waals surface area contributed by atoms with Gasteiger partial charge in [-0.05, 0) is 40.7 Å². The number of rotatable bonds is 1. The molecule has 0 heterocycles. The molecule has 0 radical (unpaired) electrons. The van der Waals surface area contributed by atoms with Crippen LogP contribution in [-0.2, 0) is 17.6 Å². The van der Waals surface area contributed by atoms with Crippen LogP contribution >= 0.6 is 0 Å². The van der Waals surface area contributed by atoms with Gasteiger partial charge in [-0.3, -0.25) is 0 Å². The SMILES string of the molecule is O=C(O)/C=C1\Cc2ccccc2Cc2ccccc21. The molecule has 2 nitrogen and oxygen atoms in total. The molecule has 0 aromatic heterocycles. The van der Waals surface area contributed by atoms with E-state index < -0.39 is 5.97 Å². The Hall–Kier alpha value is -2.35. The number of benzene rings is 2. The summed E-state index contributed by atoms with van der Waals surface area (Å²) in [6.45, 7) is 0. The zero-order valence-electron chi connectivity index (χ0n) is 10.5. The van der Waals surface area contributed by atoms with E-state index in [0.717, 1.165) is 17.6 Å². The molecule has 0 aliphatic heterocycles. The first-order chi connectivity index (χ1) is 9.24. The molecular formula is C17H14O2. The molecular weight excluding hydrogens is 236 g/mol. The van der Waals surface area contributed by atoms with Crippen molar-refractivity contribution in [3.63, 3.8) is 0 Å². The van der Waals surface area contributed by atoms with Crippen molar-refractivity contribution in [3.05, 3.63) is 76.9 Å². The van der Waals surface area contributed by atoms with E-state index in [9.17, 15) is 4.79 Å². The molecule has 2 aromatic rings. The lowest BCUT2D eigenvalue weighted by atomic mass is 9.97. The van der Waals surface area contributed by atoms with Gasteiger partial charge in [0, 0.05) is 6.08 Å².